The van der Waals surface area contributed by atoms with Crippen LogP contribution in [0.4, 0.5) is 4.39 Å². The van der Waals surface area contributed by atoms with Gasteiger partial charge in [-0.05, 0) is 42.8 Å². The molecular formula is C16H13FO2. The number of rotatable bonds is 3. The number of benzene rings is 2. The van der Waals surface area contributed by atoms with Gasteiger partial charge in [0.05, 0.1) is 6.26 Å². The first-order valence-electron chi connectivity index (χ1n) is 6.08. The van der Waals surface area contributed by atoms with Gasteiger partial charge in [-0.2, -0.15) is 0 Å². The van der Waals surface area contributed by atoms with Gasteiger partial charge in [0.15, 0.2) is 0 Å². The maximum atomic E-state index is 12.8. The van der Waals surface area contributed by atoms with Gasteiger partial charge in [0.2, 0.25) is 0 Å². The molecule has 0 unspecified atom stereocenters. The summed E-state index contributed by atoms with van der Waals surface area (Å²) in [5.41, 5.74) is 3.01. The molecule has 0 aliphatic carbocycles. The van der Waals surface area contributed by atoms with E-state index in [9.17, 15) is 4.39 Å². The Morgan fingerprint density at radius 3 is 2.68 bits per heavy atom. The molecular weight excluding hydrogens is 243 g/mol. The van der Waals surface area contributed by atoms with Crippen LogP contribution in [0.5, 0.6) is 5.75 Å². The SMILES string of the molecule is Cc1cccc2occ(COc3ccc(F)cc3)c12. The van der Waals surface area contributed by atoms with E-state index in [2.05, 4.69) is 0 Å². The van der Waals surface area contributed by atoms with Crippen molar-refractivity contribution in [3.63, 3.8) is 0 Å². The summed E-state index contributed by atoms with van der Waals surface area (Å²) in [5.74, 6) is 0.376. The first-order valence-corrected chi connectivity index (χ1v) is 6.08. The van der Waals surface area contributed by atoms with Crippen molar-refractivity contribution in [1.82, 2.24) is 0 Å². The van der Waals surface area contributed by atoms with E-state index in [0.29, 0.717) is 12.4 Å². The Morgan fingerprint density at radius 2 is 1.89 bits per heavy atom. The second-order valence-corrected chi connectivity index (χ2v) is 4.45. The molecule has 1 aromatic heterocycles. The Kier molecular flexibility index (Phi) is 2.95. The highest BCUT2D eigenvalue weighted by Crippen LogP contribution is 2.25. The second-order valence-electron chi connectivity index (χ2n) is 4.45. The highest BCUT2D eigenvalue weighted by Gasteiger charge is 2.08. The fraction of sp³-hybridized carbons (Fsp3) is 0.125. The van der Waals surface area contributed by atoms with Gasteiger partial charge in [-0.25, -0.2) is 4.39 Å². The average molecular weight is 256 g/mol. The maximum Gasteiger partial charge on any atom is 0.134 e. The van der Waals surface area contributed by atoms with E-state index in [4.69, 9.17) is 9.15 Å². The van der Waals surface area contributed by atoms with Crippen LogP contribution in [0.2, 0.25) is 0 Å². The van der Waals surface area contributed by atoms with Crippen LogP contribution in [-0.4, -0.2) is 0 Å². The minimum Gasteiger partial charge on any atom is -0.489 e. The summed E-state index contributed by atoms with van der Waals surface area (Å²) < 4.78 is 23.9. The lowest BCUT2D eigenvalue weighted by molar-refractivity contribution is 0.305. The Hall–Kier alpha value is -2.29. The first kappa shape index (κ1) is 11.8. The van der Waals surface area contributed by atoms with Crippen molar-refractivity contribution in [2.75, 3.05) is 0 Å². The summed E-state index contributed by atoms with van der Waals surface area (Å²) in [5, 5.41) is 1.09. The van der Waals surface area contributed by atoms with Crippen LogP contribution in [0.1, 0.15) is 11.1 Å². The van der Waals surface area contributed by atoms with Gasteiger partial charge in [0.25, 0.3) is 0 Å². The number of hydrogen-bond donors (Lipinski definition) is 0. The van der Waals surface area contributed by atoms with Gasteiger partial charge < -0.3 is 9.15 Å². The predicted molar refractivity (Wildman–Crippen MR) is 71.7 cm³/mol. The van der Waals surface area contributed by atoms with Crippen molar-refractivity contribution < 1.29 is 13.5 Å². The highest BCUT2D eigenvalue weighted by atomic mass is 19.1. The molecule has 0 N–H and O–H groups in total. The van der Waals surface area contributed by atoms with Gasteiger partial charge in [-0.3, -0.25) is 0 Å². The molecule has 0 spiro atoms. The lowest BCUT2D eigenvalue weighted by Crippen LogP contribution is -1.95. The number of aryl methyl sites for hydroxylation is 1. The fourth-order valence-corrected chi connectivity index (χ4v) is 2.14. The van der Waals surface area contributed by atoms with Crippen LogP contribution in [0, 0.1) is 12.7 Å². The van der Waals surface area contributed by atoms with Crippen molar-refractivity contribution in [2.45, 2.75) is 13.5 Å². The molecule has 2 aromatic carbocycles. The summed E-state index contributed by atoms with van der Waals surface area (Å²) >= 11 is 0. The standard InChI is InChI=1S/C16H13FO2/c1-11-3-2-4-15-16(11)12(10-19-15)9-18-14-7-5-13(17)6-8-14/h2-8,10H,9H2,1H3. The molecule has 19 heavy (non-hydrogen) atoms. The number of fused-ring (bicyclic) bond motifs is 1. The van der Waals surface area contributed by atoms with Crippen molar-refractivity contribution in [1.29, 1.82) is 0 Å². The predicted octanol–water partition coefficient (Wildman–Crippen LogP) is 4.46. The molecule has 0 aliphatic rings. The molecule has 96 valence electrons. The number of ether oxygens (including phenoxy) is 1. The van der Waals surface area contributed by atoms with Gasteiger partial charge in [-0.1, -0.05) is 12.1 Å². The second kappa shape index (κ2) is 4.76. The van der Waals surface area contributed by atoms with Crippen LogP contribution in [0.15, 0.2) is 53.1 Å². The van der Waals surface area contributed by atoms with Crippen LogP contribution in [-0.2, 0) is 6.61 Å². The molecule has 0 bridgehead atoms. The number of halogens is 1. The van der Waals surface area contributed by atoms with Crippen LogP contribution < -0.4 is 4.74 Å². The molecule has 3 aromatic rings. The van der Waals surface area contributed by atoms with Crippen LogP contribution in [0.3, 0.4) is 0 Å². The summed E-state index contributed by atoms with van der Waals surface area (Å²) in [4.78, 5) is 0. The molecule has 0 saturated heterocycles. The maximum absolute atomic E-state index is 12.8. The van der Waals surface area contributed by atoms with Gasteiger partial charge in [0, 0.05) is 10.9 Å². The minimum absolute atomic E-state index is 0.267. The van der Waals surface area contributed by atoms with E-state index in [-0.39, 0.29) is 5.82 Å². The summed E-state index contributed by atoms with van der Waals surface area (Å²) in [6, 6.07) is 11.9. The normalized spacial score (nSPS) is 10.8. The lowest BCUT2D eigenvalue weighted by Gasteiger charge is -2.05. The monoisotopic (exact) mass is 256 g/mol. The highest BCUT2D eigenvalue weighted by molar-refractivity contribution is 5.84. The van der Waals surface area contributed by atoms with E-state index in [1.165, 1.54) is 12.1 Å². The number of furan rings is 1. The molecule has 2 nitrogen and oxygen atoms in total. The molecule has 0 aliphatic heterocycles. The third-order valence-corrected chi connectivity index (χ3v) is 3.09. The number of hydrogen-bond acceptors (Lipinski definition) is 2. The zero-order valence-electron chi connectivity index (χ0n) is 10.5. The first-order chi connectivity index (χ1) is 9.24. The quantitative estimate of drug-likeness (QED) is 0.690. The van der Waals surface area contributed by atoms with Gasteiger partial charge in [-0.15, -0.1) is 0 Å². The van der Waals surface area contributed by atoms with Crippen molar-refractivity contribution in [3.05, 3.63) is 65.7 Å². The largest absolute Gasteiger partial charge is 0.489 e. The molecule has 3 heteroatoms. The molecule has 1 heterocycles. The average Bonchev–Trinajstić information content (AvgIpc) is 2.83. The van der Waals surface area contributed by atoms with Crippen LogP contribution >= 0.6 is 0 Å². The van der Waals surface area contributed by atoms with E-state index < -0.39 is 0 Å². The zero-order chi connectivity index (χ0) is 13.2. The zero-order valence-corrected chi connectivity index (χ0v) is 10.5. The summed E-state index contributed by atoms with van der Waals surface area (Å²) in [6.07, 6.45) is 1.71. The van der Waals surface area contributed by atoms with Gasteiger partial charge >= 0.3 is 0 Å². The van der Waals surface area contributed by atoms with Crippen molar-refractivity contribution >= 4 is 11.0 Å². The lowest BCUT2D eigenvalue weighted by atomic mass is 10.1. The topological polar surface area (TPSA) is 22.4 Å². The molecule has 0 atom stereocenters. The Labute approximate surface area is 110 Å². The third-order valence-electron chi connectivity index (χ3n) is 3.09. The fourth-order valence-electron chi connectivity index (χ4n) is 2.14. The smallest absolute Gasteiger partial charge is 0.134 e. The van der Waals surface area contributed by atoms with E-state index >= 15 is 0 Å². The molecule has 0 amide bonds. The molecule has 0 radical (unpaired) electrons. The van der Waals surface area contributed by atoms with E-state index in [0.717, 1.165) is 22.1 Å². The Balaban J connectivity index is 1.84. The van der Waals surface area contributed by atoms with E-state index in [1.54, 1.807) is 18.4 Å². The summed E-state index contributed by atoms with van der Waals surface area (Å²) in [6.45, 7) is 2.45. The van der Waals surface area contributed by atoms with Crippen LogP contribution in [0.25, 0.3) is 11.0 Å². The Morgan fingerprint density at radius 1 is 1.11 bits per heavy atom. The molecule has 0 fully saturated rings. The third kappa shape index (κ3) is 2.32. The summed E-state index contributed by atoms with van der Waals surface area (Å²) in [7, 11) is 0. The minimum atomic E-state index is -0.267. The van der Waals surface area contributed by atoms with Crippen molar-refractivity contribution in [3.8, 4) is 5.75 Å². The molecule has 0 saturated carbocycles. The van der Waals surface area contributed by atoms with Crippen molar-refractivity contribution in [2.24, 2.45) is 0 Å². The molecule has 3 rings (SSSR count). The van der Waals surface area contributed by atoms with E-state index in [1.807, 2.05) is 25.1 Å². The van der Waals surface area contributed by atoms with Gasteiger partial charge in [0.1, 0.15) is 23.8 Å². The Bertz CT molecular complexity index is 698.